The molecule has 1 aliphatic rings. The second-order valence-electron chi connectivity index (χ2n) is 7.84. The van der Waals surface area contributed by atoms with Gasteiger partial charge in [-0.1, -0.05) is 49.4 Å². The van der Waals surface area contributed by atoms with Gasteiger partial charge in [-0.15, -0.1) is 0 Å². The first-order valence-corrected chi connectivity index (χ1v) is 10.6. The molecule has 2 N–H and O–H groups in total. The van der Waals surface area contributed by atoms with Gasteiger partial charge in [0.2, 0.25) is 0 Å². The Kier molecular flexibility index (Phi) is 7.99. The van der Waals surface area contributed by atoms with E-state index in [0.717, 1.165) is 38.4 Å². The summed E-state index contributed by atoms with van der Waals surface area (Å²) in [4.78, 5) is 26.2. The summed E-state index contributed by atoms with van der Waals surface area (Å²) in [5.74, 6) is -0.600. The van der Waals surface area contributed by atoms with Crippen LogP contribution in [0.2, 0.25) is 0 Å². The molecule has 30 heavy (non-hydrogen) atoms. The molecule has 6 heteroatoms. The number of nitrogens with one attached hydrogen (secondary N) is 2. The van der Waals surface area contributed by atoms with Gasteiger partial charge in [0, 0.05) is 12.1 Å². The molecule has 0 unspecified atom stereocenters. The van der Waals surface area contributed by atoms with Crippen LogP contribution in [-0.2, 0) is 20.8 Å². The number of morpholine rings is 1. The molecule has 2 aromatic rings. The molecular weight excluding hydrogens is 380 g/mol. The van der Waals surface area contributed by atoms with Gasteiger partial charge in [-0.2, -0.15) is 0 Å². The van der Waals surface area contributed by atoms with Crippen LogP contribution in [0.5, 0.6) is 0 Å². The van der Waals surface area contributed by atoms with Crippen LogP contribution in [0.1, 0.15) is 41.3 Å². The van der Waals surface area contributed by atoms with Crippen LogP contribution in [0.25, 0.3) is 0 Å². The largest absolute Gasteiger partial charge is 0.449 e. The lowest BCUT2D eigenvalue weighted by molar-refractivity contribution is -0.921. The highest BCUT2D eigenvalue weighted by Gasteiger charge is 2.20. The Bertz CT molecular complexity index is 817. The minimum Gasteiger partial charge on any atom is -0.449 e. The summed E-state index contributed by atoms with van der Waals surface area (Å²) in [5, 5.41) is 2.86. The van der Waals surface area contributed by atoms with Crippen molar-refractivity contribution in [3.8, 4) is 0 Å². The number of esters is 1. The average Bonchev–Trinajstić information content (AvgIpc) is 2.79. The van der Waals surface area contributed by atoms with Gasteiger partial charge < -0.3 is 19.7 Å². The number of benzene rings is 2. The van der Waals surface area contributed by atoms with Crippen molar-refractivity contribution in [2.45, 2.75) is 32.4 Å². The minimum atomic E-state index is -0.849. The van der Waals surface area contributed by atoms with E-state index < -0.39 is 12.1 Å². The summed E-state index contributed by atoms with van der Waals surface area (Å²) in [5.41, 5.74) is 2.78. The molecule has 160 valence electrons. The monoisotopic (exact) mass is 411 g/mol. The maximum atomic E-state index is 12.4. The maximum absolute atomic E-state index is 12.4. The van der Waals surface area contributed by atoms with Crippen LogP contribution in [0.15, 0.2) is 54.6 Å². The first kappa shape index (κ1) is 22.0. The topological polar surface area (TPSA) is 69.1 Å². The SMILES string of the molecule is C[C@H](OC(=O)c1ccc(C[NH+]2CCOCC2)cc1)C(=O)NC[C@H](C)c1ccccc1. The third kappa shape index (κ3) is 6.40. The van der Waals surface area contributed by atoms with Crippen molar-refractivity contribution in [3.63, 3.8) is 0 Å². The fourth-order valence-electron chi connectivity index (χ4n) is 3.46. The Morgan fingerprint density at radius 1 is 1.03 bits per heavy atom. The predicted octanol–water partition coefficient (Wildman–Crippen LogP) is 1.57. The van der Waals surface area contributed by atoms with Crippen molar-refractivity contribution >= 4 is 11.9 Å². The highest BCUT2D eigenvalue weighted by Crippen LogP contribution is 2.13. The molecule has 1 saturated heterocycles. The quantitative estimate of drug-likeness (QED) is 0.647. The Morgan fingerprint density at radius 2 is 1.70 bits per heavy atom. The van der Waals surface area contributed by atoms with Gasteiger partial charge in [-0.3, -0.25) is 4.79 Å². The highest BCUT2D eigenvalue weighted by molar-refractivity contribution is 5.92. The summed E-state index contributed by atoms with van der Waals surface area (Å²) >= 11 is 0. The van der Waals surface area contributed by atoms with Gasteiger partial charge in [-0.05, 0) is 30.5 Å². The summed E-state index contributed by atoms with van der Waals surface area (Å²) in [6, 6.07) is 17.4. The third-order valence-electron chi connectivity index (χ3n) is 5.45. The van der Waals surface area contributed by atoms with Gasteiger partial charge in [0.15, 0.2) is 6.10 Å². The van der Waals surface area contributed by atoms with Crippen molar-refractivity contribution in [1.29, 1.82) is 0 Å². The summed E-state index contributed by atoms with van der Waals surface area (Å²) in [7, 11) is 0. The lowest BCUT2D eigenvalue weighted by Gasteiger charge is -2.23. The number of carbonyl (C=O) groups excluding carboxylic acids is 2. The van der Waals surface area contributed by atoms with Crippen LogP contribution in [-0.4, -0.2) is 50.8 Å². The number of carbonyl (C=O) groups is 2. The molecule has 2 aromatic carbocycles. The molecule has 0 saturated carbocycles. The first-order chi connectivity index (χ1) is 14.5. The van der Waals surface area contributed by atoms with Crippen molar-refractivity contribution in [1.82, 2.24) is 5.32 Å². The van der Waals surface area contributed by atoms with Crippen LogP contribution >= 0.6 is 0 Å². The molecule has 0 spiro atoms. The highest BCUT2D eigenvalue weighted by atomic mass is 16.5. The summed E-state index contributed by atoms with van der Waals surface area (Å²) < 4.78 is 10.7. The minimum absolute atomic E-state index is 0.180. The van der Waals surface area contributed by atoms with E-state index in [1.165, 1.54) is 10.5 Å². The van der Waals surface area contributed by atoms with Gasteiger partial charge in [-0.25, -0.2) is 4.79 Å². The predicted molar refractivity (Wildman–Crippen MR) is 114 cm³/mol. The van der Waals surface area contributed by atoms with Crippen LogP contribution < -0.4 is 10.2 Å². The van der Waals surface area contributed by atoms with Crippen molar-refractivity contribution in [2.75, 3.05) is 32.8 Å². The molecule has 0 bridgehead atoms. The zero-order valence-electron chi connectivity index (χ0n) is 17.7. The molecule has 6 nitrogen and oxygen atoms in total. The van der Waals surface area contributed by atoms with E-state index in [4.69, 9.17) is 9.47 Å². The Labute approximate surface area is 178 Å². The molecule has 0 aromatic heterocycles. The summed E-state index contributed by atoms with van der Waals surface area (Å²) in [6.07, 6.45) is -0.849. The normalized spacial score (nSPS) is 16.5. The number of hydrogen-bond acceptors (Lipinski definition) is 4. The summed E-state index contributed by atoms with van der Waals surface area (Å²) in [6.45, 7) is 8.63. The smallest absolute Gasteiger partial charge is 0.338 e. The maximum Gasteiger partial charge on any atom is 0.338 e. The van der Waals surface area contributed by atoms with E-state index in [2.05, 4.69) is 5.32 Å². The number of quaternary nitrogens is 1. The Balaban J connectivity index is 1.45. The second-order valence-corrected chi connectivity index (χ2v) is 7.84. The lowest BCUT2D eigenvalue weighted by Crippen LogP contribution is -3.12. The standard InChI is InChI=1S/C24H30N2O4/c1-18(21-6-4-3-5-7-21)16-25-23(27)19(2)30-24(28)22-10-8-20(9-11-22)17-26-12-14-29-15-13-26/h3-11,18-19H,12-17H2,1-2H3,(H,25,27)/p+1/t18-,19-/m0/s1. The zero-order chi connectivity index (χ0) is 21.3. The first-order valence-electron chi connectivity index (χ1n) is 10.6. The van der Waals surface area contributed by atoms with Crippen LogP contribution in [0, 0.1) is 0 Å². The molecule has 0 radical (unpaired) electrons. The Hall–Kier alpha value is -2.70. The van der Waals surface area contributed by atoms with Crippen molar-refractivity contribution in [3.05, 3.63) is 71.3 Å². The van der Waals surface area contributed by atoms with Crippen molar-refractivity contribution in [2.24, 2.45) is 0 Å². The van der Waals surface area contributed by atoms with Crippen molar-refractivity contribution < 1.29 is 24.0 Å². The molecule has 1 heterocycles. The van der Waals surface area contributed by atoms with Gasteiger partial charge in [0.1, 0.15) is 19.6 Å². The van der Waals surface area contributed by atoms with Gasteiger partial charge in [0.05, 0.1) is 18.8 Å². The van der Waals surface area contributed by atoms with E-state index in [9.17, 15) is 9.59 Å². The van der Waals surface area contributed by atoms with E-state index in [1.54, 1.807) is 19.1 Å². The number of hydrogen-bond donors (Lipinski definition) is 2. The second kappa shape index (κ2) is 10.9. The zero-order valence-corrected chi connectivity index (χ0v) is 17.7. The molecule has 1 amide bonds. The number of rotatable bonds is 8. The van der Waals surface area contributed by atoms with Gasteiger partial charge >= 0.3 is 5.97 Å². The van der Waals surface area contributed by atoms with E-state index in [0.29, 0.717) is 12.1 Å². The van der Waals surface area contributed by atoms with E-state index >= 15 is 0 Å². The molecular formula is C24H31N2O4+. The fraction of sp³-hybridized carbons (Fsp3) is 0.417. The molecule has 2 atom stereocenters. The van der Waals surface area contributed by atoms with E-state index in [1.807, 2.05) is 49.4 Å². The van der Waals surface area contributed by atoms with Gasteiger partial charge in [0.25, 0.3) is 5.91 Å². The van der Waals surface area contributed by atoms with Crippen LogP contribution in [0.3, 0.4) is 0 Å². The molecule has 0 aliphatic carbocycles. The molecule has 1 fully saturated rings. The molecule has 1 aliphatic heterocycles. The Morgan fingerprint density at radius 3 is 2.37 bits per heavy atom. The number of ether oxygens (including phenoxy) is 2. The molecule has 3 rings (SSSR count). The van der Waals surface area contributed by atoms with E-state index in [-0.39, 0.29) is 11.8 Å². The fourth-order valence-corrected chi connectivity index (χ4v) is 3.46. The lowest BCUT2D eigenvalue weighted by atomic mass is 10.0. The van der Waals surface area contributed by atoms with Crippen LogP contribution in [0.4, 0.5) is 0 Å². The third-order valence-corrected chi connectivity index (χ3v) is 5.45. The number of amides is 1. The average molecular weight is 412 g/mol.